The first kappa shape index (κ1) is 18.2. The van der Waals surface area contributed by atoms with Gasteiger partial charge >= 0.3 is 11.9 Å². The van der Waals surface area contributed by atoms with Crippen molar-refractivity contribution in [3.05, 3.63) is 34.4 Å². The van der Waals surface area contributed by atoms with Crippen LogP contribution in [0.1, 0.15) is 71.9 Å². The van der Waals surface area contributed by atoms with Crippen molar-refractivity contribution < 1.29 is 19.8 Å². The molecule has 1 aromatic rings. The van der Waals surface area contributed by atoms with Crippen molar-refractivity contribution in [1.29, 1.82) is 0 Å². The summed E-state index contributed by atoms with van der Waals surface area (Å²) in [5, 5.41) is 18.8. The van der Waals surface area contributed by atoms with Crippen LogP contribution >= 0.6 is 0 Å². The van der Waals surface area contributed by atoms with Gasteiger partial charge in [-0.1, -0.05) is 46.1 Å². The molecule has 0 aromatic heterocycles. The second kappa shape index (κ2) is 7.97. The van der Waals surface area contributed by atoms with Gasteiger partial charge in [0.1, 0.15) is 0 Å². The smallest absolute Gasteiger partial charge is 0.336 e. The molecule has 0 radical (unpaired) electrons. The molecule has 0 fully saturated rings. The van der Waals surface area contributed by atoms with E-state index in [0.717, 1.165) is 19.3 Å². The van der Waals surface area contributed by atoms with Crippen LogP contribution in [0.15, 0.2) is 12.1 Å². The molecule has 0 saturated heterocycles. The van der Waals surface area contributed by atoms with Crippen LogP contribution in [0.5, 0.6) is 0 Å². The Hall–Kier alpha value is -1.84. The maximum Gasteiger partial charge on any atom is 0.336 e. The highest BCUT2D eigenvalue weighted by Crippen LogP contribution is 2.25. The molecule has 4 heteroatoms. The van der Waals surface area contributed by atoms with Gasteiger partial charge in [-0.3, -0.25) is 0 Å². The first-order valence-electron chi connectivity index (χ1n) is 7.83. The van der Waals surface area contributed by atoms with Gasteiger partial charge in [0.25, 0.3) is 0 Å². The standard InChI is InChI=1S/C18H26O4/c1-11(2)6-5-7-12(3)10-15-14(17(19)20)9-8-13(4)16(15)18(21)22/h8-9,11-12H,5-7,10H2,1-4H3,(H,19,20)(H,21,22). The summed E-state index contributed by atoms with van der Waals surface area (Å²) < 4.78 is 0. The number of hydrogen-bond acceptors (Lipinski definition) is 2. The quantitative estimate of drug-likeness (QED) is 0.746. The first-order chi connectivity index (χ1) is 10.2. The predicted octanol–water partition coefficient (Wildman–Crippen LogP) is 4.40. The number of carboxylic acids is 2. The van der Waals surface area contributed by atoms with Crippen LogP contribution in [0.3, 0.4) is 0 Å². The molecule has 4 nitrogen and oxygen atoms in total. The highest BCUT2D eigenvalue weighted by molar-refractivity contribution is 5.97. The van der Waals surface area contributed by atoms with Crippen molar-refractivity contribution in [1.82, 2.24) is 0 Å². The van der Waals surface area contributed by atoms with Gasteiger partial charge < -0.3 is 10.2 Å². The largest absolute Gasteiger partial charge is 0.478 e. The van der Waals surface area contributed by atoms with Crippen LogP contribution in [0.2, 0.25) is 0 Å². The van der Waals surface area contributed by atoms with Crippen LogP contribution in [0.4, 0.5) is 0 Å². The lowest BCUT2D eigenvalue weighted by Gasteiger charge is -2.17. The molecule has 0 spiro atoms. The summed E-state index contributed by atoms with van der Waals surface area (Å²) in [6, 6.07) is 3.08. The van der Waals surface area contributed by atoms with Crippen LogP contribution in [0.25, 0.3) is 0 Å². The van der Waals surface area contributed by atoms with Crippen molar-refractivity contribution in [3.8, 4) is 0 Å². The van der Waals surface area contributed by atoms with E-state index in [1.54, 1.807) is 13.0 Å². The molecule has 1 aromatic carbocycles. The van der Waals surface area contributed by atoms with Crippen molar-refractivity contribution in [2.75, 3.05) is 0 Å². The number of aromatic carboxylic acids is 2. The minimum absolute atomic E-state index is 0.110. The fourth-order valence-electron chi connectivity index (χ4n) is 2.80. The molecule has 2 N–H and O–H groups in total. The van der Waals surface area contributed by atoms with E-state index in [4.69, 9.17) is 0 Å². The van der Waals surface area contributed by atoms with Crippen LogP contribution < -0.4 is 0 Å². The summed E-state index contributed by atoms with van der Waals surface area (Å²) in [4.78, 5) is 22.9. The highest BCUT2D eigenvalue weighted by atomic mass is 16.4. The zero-order valence-electron chi connectivity index (χ0n) is 13.8. The zero-order valence-corrected chi connectivity index (χ0v) is 13.8. The van der Waals surface area contributed by atoms with E-state index >= 15 is 0 Å². The molecule has 1 rings (SSSR count). The van der Waals surface area contributed by atoms with Gasteiger partial charge in [-0.15, -0.1) is 0 Å². The number of hydrogen-bond donors (Lipinski definition) is 2. The number of aryl methyl sites for hydroxylation is 1. The molecule has 1 atom stereocenters. The maximum atomic E-state index is 11.5. The first-order valence-corrected chi connectivity index (χ1v) is 7.83. The van der Waals surface area contributed by atoms with Gasteiger partial charge in [0, 0.05) is 0 Å². The third-order valence-corrected chi connectivity index (χ3v) is 4.00. The fraction of sp³-hybridized carbons (Fsp3) is 0.556. The Kier molecular flexibility index (Phi) is 6.60. The summed E-state index contributed by atoms with van der Waals surface area (Å²) in [5.41, 5.74) is 1.33. The SMILES string of the molecule is Cc1ccc(C(=O)O)c(CC(C)CCCC(C)C)c1C(=O)O. The summed E-state index contributed by atoms with van der Waals surface area (Å²) in [5.74, 6) is -1.20. The van der Waals surface area contributed by atoms with Crippen molar-refractivity contribution in [2.45, 2.75) is 53.4 Å². The predicted molar refractivity (Wildman–Crippen MR) is 86.7 cm³/mol. The molecule has 0 bridgehead atoms. The Morgan fingerprint density at radius 1 is 1.05 bits per heavy atom. The highest BCUT2D eigenvalue weighted by Gasteiger charge is 2.22. The van der Waals surface area contributed by atoms with Gasteiger partial charge in [0.05, 0.1) is 11.1 Å². The topological polar surface area (TPSA) is 74.6 Å². The van der Waals surface area contributed by atoms with Gasteiger partial charge in [0.15, 0.2) is 0 Å². The molecule has 0 aliphatic rings. The molecule has 0 heterocycles. The van der Waals surface area contributed by atoms with E-state index in [1.165, 1.54) is 6.07 Å². The summed E-state index contributed by atoms with van der Waals surface area (Å²) in [6.07, 6.45) is 3.68. The Bertz CT molecular complexity index is 546. The lowest BCUT2D eigenvalue weighted by molar-refractivity contribution is 0.0694. The molecule has 0 aliphatic heterocycles. The van der Waals surface area contributed by atoms with Crippen LogP contribution in [-0.2, 0) is 6.42 Å². The Labute approximate surface area is 132 Å². The minimum Gasteiger partial charge on any atom is -0.478 e. The molecular formula is C18H26O4. The number of rotatable bonds is 8. The molecule has 0 amide bonds. The fourth-order valence-corrected chi connectivity index (χ4v) is 2.80. The van der Waals surface area contributed by atoms with E-state index in [2.05, 4.69) is 20.8 Å². The Morgan fingerprint density at radius 3 is 2.18 bits per heavy atom. The van der Waals surface area contributed by atoms with Crippen LogP contribution in [0, 0.1) is 18.8 Å². The summed E-state index contributed by atoms with van der Waals surface area (Å²) >= 11 is 0. The van der Waals surface area contributed by atoms with Crippen LogP contribution in [-0.4, -0.2) is 22.2 Å². The van der Waals surface area contributed by atoms with E-state index < -0.39 is 11.9 Å². The second-order valence-corrected chi connectivity index (χ2v) is 6.53. The monoisotopic (exact) mass is 306 g/mol. The average molecular weight is 306 g/mol. The second-order valence-electron chi connectivity index (χ2n) is 6.53. The molecule has 0 saturated carbocycles. The van der Waals surface area contributed by atoms with Gasteiger partial charge in [-0.2, -0.15) is 0 Å². The minimum atomic E-state index is -1.06. The zero-order chi connectivity index (χ0) is 16.9. The third kappa shape index (κ3) is 4.86. The average Bonchev–Trinajstić information content (AvgIpc) is 2.37. The van der Waals surface area contributed by atoms with E-state index in [1.807, 2.05) is 0 Å². The summed E-state index contributed by atoms with van der Waals surface area (Å²) in [6.45, 7) is 8.12. The number of carbonyl (C=O) groups is 2. The molecular weight excluding hydrogens is 280 g/mol. The van der Waals surface area contributed by atoms with Crippen molar-refractivity contribution in [3.63, 3.8) is 0 Å². The van der Waals surface area contributed by atoms with E-state index in [-0.39, 0.29) is 17.0 Å². The summed E-state index contributed by atoms with van der Waals surface area (Å²) in [7, 11) is 0. The molecule has 0 aliphatic carbocycles. The number of benzene rings is 1. The maximum absolute atomic E-state index is 11.5. The Balaban J connectivity index is 3.02. The van der Waals surface area contributed by atoms with Crippen molar-refractivity contribution >= 4 is 11.9 Å². The molecule has 122 valence electrons. The van der Waals surface area contributed by atoms with Gasteiger partial charge in [0.2, 0.25) is 0 Å². The van der Waals surface area contributed by atoms with Crippen molar-refractivity contribution in [2.24, 2.45) is 11.8 Å². The lowest BCUT2D eigenvalue weighted by Crippen LogP contribution is -2.14. The number of carboxylic acid groups (broad SMARTS) is 2. The normalized spacial score (nSPS) is 12.4. The van der Waals surface area contributed by atoms with Gasteiger partial charge in [-0.05, 0) is 42.4 Å². The Morgan fingerprint density at radius 2 is 1.68 bits per heavy atom. The lowest BCUT2D eigenvalue weighted by atomic mass is 9.87. The molecule has 1 unspecified atom stereocenters. The third-order valence-electron chi connectivity index (χ3n) is 4.00. The van der Waals surface area contributed by atoms with Gasteiger partial charge in [-0.25, -0.2) is 9.59 Å². The molecule has 22 heavy (non-hydrogen) atoms. The van der Waals surface area contributed by atoms with E-state index in [0.29, 0.717) is 23.5 Å². The van der Waals surface area contributed by atoms with E-state index in [9.17, 15) is 19.8 Å².